The Balaban J connectivity index is 2.58. The number of nitrogens with one attached hydrogen (secondary N) is 1. The summed E-state index contributed by atoms with van der Waals surface area (Å²) < 4.78 is 4.06. The number of rotatable bonds is 6. The summed E-state index contributed by atoms with van der Waals surface area (Å²) in [7, 11) is 0. The third-order valence-corrected chi connectivity index (χ3v) is 3.63. The van der Waals surface area contributed by atoms with Crippen LogP contribution in [0.3, 0.4) is 0 Å². The predicted molar refractivity (Wildman–Crippen MR) is 68.2 cm³/mol. The molecule has 1 aromatic rings. The molecule has 1 atom stereocenters. The van der Waals surface area contributed by atoms with Crippen LogP contribution in [-0.4, -0.2) is 40.0 Å². The molecule has 0 saturated heterocycles. The smallest absolute Gasteiger partial charge is 0.254 e. The largest absolute Gasteiger partial charge is 0.396 e. The van der Waals surface area contributed by atoms with Gasteiger partial charge in [0.2, 0.25) is 0 Å². The molecule has 1 unspecified atom stereocenters. The van der Waals surface area contributed by atoms with Crippen LogP contribution in [0.2, 0.25) is 0 Å². The summed E-state index contributed by atoms with van der Waals surface area (Å²) in [6.07, 6.45) is 2.57. The van der Waals surface area contributed by atoms with Gasteiger partial charge in [-0.1, -0.05) is 0 Å². The van der Waals surface area contributed by atoms with E-state index in [0.29, 0.717) is 12.0 Å². The second-order valence-electron chi connectivity index (χ2n) is 3.45. The van der Waals surface area contributed by atoms with E-state index >= 15 is 0 Å². The molecule has 0 bridgehead atoms. The first kappa shape index (κ1) is 13.5. The van der Waals surface area contributed by atoms with Crippen LogP contribution in [0, 0.1) is 6.92 Å². The molecule has 2 N–H and O–H groups in total. The zero-order valence-electron chi connectivity index (χ0n) is 9.40. The topological polar surface area (TPSA) is 62.2 Å². The summed E-state index contributed by atoms with van der Waals surface area (Å²) in [6.45, 7) is 1.91. The van der Waals surface area contributed by atoms with Gasteiger partial charge in [-0.25, -0.2) is 0 Å². The summed E-state index contributed by atoms with van der Waals surface area (Å²) in [5.74, 6) is 0.710. The minimum absolute atomic E-state index is 0.0202. The van der Waals surface area contributed by atoms with Crippen LogP contribution < -0.4 is 5.32 Å². The van der Waals surface area contributed by atoms with E-state index in [-0.39, 0.29) is 18.6 Å². The van der Waals surface area contributed by atoms with Crippen LogP contribution in [0.25, 0.3) is 0 Å². The van der Waals surface area contributed by atoms with Gasteiger partial charge >= 0.3 is 0 Å². The fraction of sp³-hybridized carbons (Fsp3) is 0.600. The van der Waals surface area contributed by atoms with Crippen LogP contribution in [0.5, 0.6) is 0 Å². The fourth-order valence-electron chi connectivity index (χ4n) is 1.33. The van der Waals surface area contributed by atoms with Crippen molar-refractivity contribution >= 4 is 29.2 Å². The molecular weight excluding hydrogens is 244 g/mol. The fourth-order valence-corrected chi connectivity index (χ4v) is 2.67. The Morgan fingerprint density at radius 2 is 2.50 bits per heavy atom. The summed E-state index contributed by atoms with van der Waals surface area (Å²) in [4.78, 5) is 11.9. The highest BCUT2D eigenvalue weighted by molar-refractivity contribution is 7.98. The van der Waals surface area contributed by atoms with Gasteiger partial charge in [0.05, 0.1) is 11.3 Å². The zero-order chi connectivity index (χ0) is 12.0. The van der Waals surface area contributed by atoms with E-state index in [0.717, 1.165) is 11.4 Å². The van der Waals surface area contributed by atoms with Crippen LogP contribution in [0.4, 0.5) is 0 Å². The van der Waals surface area contributed by atoms with E-state index in [4.69, 9.17) is 5.11 Å². The van der Waals surface area contributed by atoms with Crippen molar-refractivity contribution in [3.8, 4) is 0 Å². The normalized spacial score (nSPS) is 12.4. The van der Waals surface area contributed by atoms with E-state index in [1.54, 1.807) is 17.1 Å². The second-order valence-corrected chi connectivity index (χ2v) is 4.99. The lowest BCUT2D eigenvalue weighted by Crippen LogP contribution is -2.37. The van der Waals surface area contributed by atoms with Crippen molar-refractivity contribution < 1.29 is 9.90 Å². The van der Waals surface area contributed by atoms with E-state index < -0.39 is 0 Å². The molecule has 0 aliphatic heterocycles. The van der Waals surface area contributed by atoms with Gasteiger partial charge < -0.3 is 10.4 Å². The third kappa shape index (κ3) is 3.77. The van der Waals surface area contributed by atoms with Crippen molar-refractivity contribution in [1.82, 2.24) is 9.69 Å². The molecule has 1 amide bonds. The van der Waals surface area contributed by atoms with Crippen LogP contribution >= 0.6 is 23.3 Å². The van der Waals surface area contributed by atoms with Gasteiger partial charge in [-0.3, -0.25) is 4.79 Å². The molecule has 0 spiro atoms. The number of carbonyl (C=O) groups is 1. The average Bonchev–Trinajstić information content (AvgIpc) is 2.65. The van der Waals surface area contributed by atoms with E-state index in [1.165, 1.54) is 11.5 Å². The van der Waals surface area contributed by atoms with Crippen LogP contribution in [0.1, 0.15) is 22.5 Å². The van der Waals surface area contributed by atoms with Gasteiger partial charge in [0.15, 0.2) is 0 Å². The molecular formula is C10H16N2O2S2. The number of aromatic nitrogens is 1. The van der Waals surface area contributed by atoms with Crippen molar-refractivity contribution in [3.05, 3.63) is 16.6 Å². The minimum atomic E-state index is -0.0984. The summed E-state index contributed by atoms with van der Waals surface area (Å²) in [5.41, 5.74) is 1.39. The molecule has 0 fully saturated rings. The Hall–Kier alpha value is -0.590. The van der Waals surface area contributed by atoms with Gasteiger partial charge in [0.1, 0.15) is 0 Å². The summed E-state index contributed by atoms with van der Waals surface area (Å²) in [6, 6.07) is 0.0202. The second kappa shape index (κ2) is 6.88. The van der Waals surface area contributed by atoms with E-state index in [1.807, 2.05) is 13.2 Å². The average molecular weight is 260 g/mol. The Morgan fingerprint density at radius 1 is 1.75 bits per heavy atom. The maximum absolute atomic E-state index is 11.9. The number of carbonyl (C=O) groups excluding carboxylic acids is 1. The molecule has 6 heteroatoms. The van der Waals surface area contributed by atoms with Crippen molar-refractivity contribution in [2.24, 2.45) is 0 Å². The van der Waals surface area contributed by atoms with Gasteiger partial charge in [0, 0.05) is 23.8 Å². The molecule has 0 aromatic carbocycles. The summed E-state index contributed by atoms with van der Waals surface area (Å²) in [5, 5.41) is 13.5. The number of amides is 1. The maximum atomic E-state index is 11.9. The molecule has 0 saturated carbocycles. The molecule has 16 heavy (non-hydrogen) atoms. The Labute approximate surface area is 104 Å². The van der Waals surface area contributed by atoms with Gasteiger partial charge in [0.25, 0.3) is 5.91 Å². The number of hydrogen-bond acceptors (Lipinski definition) is 5. The van der Waals surface area contributed by atoms with Crippen LogP contribution in [-0.2, 0) is 0 Å². The molecule has 1 heterocycles. The number of nitrogens with zero attached hydrogens (tertiary/aromatic N) is 1. The lowest BCUT2D eigenvalue weighted by molar-refractivity contribution is 0.0935. The number of aliphatic hydroxyl groups excluding tert-OH is 1. The first-order valence-electron chi connectivity index (χ1n) is 5.00. The van der Waals surface area contributed by atoms with Crippen molar-refractivity contribution in [3.63, 3.8) is 0 Å². The number of aryl methyl sites for hydroxylation is 1. The molecule has 0 radical (unpaired) electrons. The molecule has 4 nitrogen and oxygen atoms in total. The van der Waals surface area contributed by atoms with E-state index in [2.05, 4.69) is 9.69 Å². The highest BCUT2D eigenvalue weighted by Crippen LogP contribution is 2.10. The summed E-state index contributed by atoms with van der Waals surface area (Å²) >= 11 is 2.94. The molecule has 0 aliphatic carbocycles. The predicted octanol–water partition coefficient (Wildman–Crippen LogP) is 1.30. The Kier molecular flexibility index (Phi) is 5.79. The first-order valence-corrected chi connectivity index (χ1v) is 7.23. The highest BCUT2D eigenvalue weighted by atomic mass is 32.2. The first-order chi connectivity index (χ1) is 7.69. The van der Waals surface area contributed by atoms with Gasteiger partial charge in [-0.2, -0.15) is 16.1 Å². The number of hydrogen-bond donors (Lipinski definition) is 2. The Bertz CT molecular complexity index is 335. The SMILES string of the molecule is CSCC(CCO)NC(=O)c1csnc1C. The van der Waals surface area contributed by atoms with E-state index in [9.17, 15) is 4.79 Å². The highest BCUT2D eigenvalue weighted by Gasteiger charge is 2.15. The number of thioether (sulfide) groups is 1. The quantitative estimate of drug-likeness (QED) is 0.809. The van der Waals surface area contributed by atoms with Crippen molar-refractivity contribution in [2.75, 3.05) is 18.6 Å². The lowest BCUT2D eigenvalue weighted by atomic mass is 10.2. The van der Waals surface area contributed by atoms with Crippen molar-refractivity contribution in [2.45, 2.75) is 19.4 Å². The monoisotopic (exact) mass is 260 g/mol. The van der Waals surface area contributed by atoms with Gasteiger partial charge in [-0.15, -0.1) is 0 Å². The third-order valence-electron chi connectivity index (χ3n) is 2.18. The lowest BCUT2D eigenvalue weighted by Gasteiger charge is -2.16. The number of aliphatic hydroxyl groups is 1. The molecule has 1 rings (SSSR count). The molecule has 90 valence electrons. The zero-order valence-corrected chi connectivity index (χ0v) is 11.0. The standard InChI is InChI=1S/C10H16N2O2S2/c1-7-9(6-16-12-7)10(14)11-8(3-4-13)5-15-2/h6,8,13H,3-5H2,1-2H3,(H,11,14). The maximum Gasteiger partial charge on any atom is 0.254 e. The van der Waals surface area contributed by atoms with Crippen molar-refractivity contribution in [1.29, 1.82) is 0 Å². The minimum Gasteiger partial charge on any atom is -0.396 e. The Morgan fingerprint density at radius 3 is 3.00 bits per heavy atom. The van der Waals surface area contributed by atoms with Crippen LogP contribution in [0.15, 0.2) is 5.38 Å². The van der Waals surface area contributed by atoms with Gasteiger partial charge in [-0.05, 0) is 31.1 Å². The molecule has 0 aliphatic rings. The molecule has 1 aromatic heterocycles.